The fourth-order valence-corrected chi connectivity index (χ4v) is 4.02. The maximum atomic E-state index is 13.3. The Labute approximate surface area is 205 Å². The number of nitrogens with zero attached hydrogens (tertiary/aromatic N) is 2. The van der Waals surface area contributed by atoms with Crippen LogP contribution in [0.25, 0.3) is 0 Å². The summed E-state index contributed by atoms with van der Waals surface area (Å²) >= 11 is 0. The van der Waals surface area contributed by atoms with Gasteiger partial charge in [0, 0.05) is 43.3 Å². The molecule has 2 aliphatic rings. The maximum Gasteiger partial charge on any atom is 0.586 e. The van der Waals surface area contributed by atoms with Crippen molar-refractivity contribution in [1.29, 1.82) is 0 Å². The second-order valence-corrected chi connectivity index (χ2v) is 8.36. The van der Waals surface area contributed by atoms with E-state index in [-0.39, 0.29) is 23.2 Å². The van der Waals surface area contributed by atoms with Crippen molar-refractivity contribution < 1.29 is 27.8 Å². The molecular formula is C25H23F2N5O4. The standard InChI is InChI=1S/C25H23F2N5O4/c26-25(27)35-20-8-7-17(14-21(20)36-25)30-23(33)18-5-1-2-6-19(18)29-15-16-9-10-28-22(13-16)31-24(34)32-11-3-4-12-32/h1-2,5-10,13-14,29H,3-4,11-12,15H2,(H,30,33)(H,28,31,34). The van der Waals surface area contributed by atoms with Crippen LogP contribution in [0.3, 0.4) is 0 Å². The molecule has 1 fully saturated rings. The second-order valence-electron chi connectivity index (χ2n) is 8.36. The van der Waals surface area contributed by atoms with Crippen LogP contribution in [0.2, 0.25) is 0 Å². The number of carbonyl (C=O) groups excluding carboxylic acids is 2. The van der Waals surface area contributed by atoms with E-state index in [0.717, 1.165) is 31.5 Å². The van der Waals surface area contributed by atoms with E-state index in [1.54, 1.807) is 41.4 Å². The van der Waals surface area contributed by atoms with Gasteiger partial charge in [-0.25, -0.2) is 9.78 Å². The SMILES string of the molecule is O=C(Nc1ccc2c(c1)OC(F)(F)O2)c1ccccc1NCc1ccnc(NC(=O)N2CCCC2)c1. The van der Waals surface area contributed by atoms with Crippen LogP contribution in [0.1, 0.15) is 28.8 Å². The number of urea groups is 1. The number of anilines is 3. The maximum absolute atomic E-state index is 13.3. The molecule has 9 nitrogen and oxygen atoms in total. The molecule has 0 aliphatic carbocycles. The van der Waals surface area contributed by atoms with E-state index >= 15 is 0 Å². The van der Waals surface area contributed by atoms with Crippen molar-refractivity contribution in [3.05, 3.63) is 71.9 Å². The molecular weight excluding hydrogens is 472 g/mol. The zero-order valence-corrected chi connectivity index (χ0v) is 19.1. The molecule has 0 unspecified atom stereocenters. The van der Waals surface area contributed by atoms with E-state index in [0.29, 0.717) is 23.6 Å². The number of hydrogen-bond donors (Lipinski definition) is 3. The fourth-order valence-electron chi connectivity index (χ4n) is 4.02. The van der Waals surface area contributed by atoms with E-state index in [9.17, 15) is 18.4 Å². The minimum atomic E-state index is -3.73. The van der Waals surface area contributed by atoms with E-state index in [4.69, 9.17) is 0 Å². The average molecular weight is 495 g/mol. The summed E-state index contributed by atoms with van der Waals surface area (Å²) in [6, 6.07) is 14.4. The molecule has 11 heteroatoms. The van der Waals surface area contributed by atoms with Crippen molar-refractivity contribution in [2.75, 3.05) is 29.0 Å². The third kappa shape index (κ3) is 5.29. The number of fused-ring (bicyclic) bond motifs is 1. The van der Waals surface area contributed by atoms with Crippen LogP contribution in [0, 0.1) is 0 Å². The highest BCUT2D eigenvalue weighted by molar-refractivity contribution is 6.08. The van der Waals surface area contributed by atoms with Crippen LogP contribution < -0.4 is 25.4 Å². The Bertz CT molecular complexity index is 1300. The molecule has 2 aromatic carbocycles. The minimum absolute atomic E-state index is 0.103. The van der Waals surface area contributed by atoms with E-state index in [1.807, 2.05) is 6.07 Å². The van der Waals surface area contributed by atoms with E-state index in [1.165, 1.54) is 18.2 Å². The molecule has 0 bridgehead atoms. The van der Waals surface area contributed by atoms with Gasteiger partial charge in [-0.05, 0) is 54.8 Å². The largest absolute Gasteiger partial charge is 0.586 e. The van der Waals surface area contributed by atoms with Crippen molar-refractivity contribution in [2.45, 2.75) is 25.7 Å². The van der Waals surface area contributed by atoms with Gasteiger partial charge < -0.3 is 25.0 Å². The van der Waals surface area contributed by atoms with Gasteiger partial charge in [-0.1, -0.05) is 12.1 Å². The lowest BCUT2D eigenvalue weighted by molar-refractivity contribution is -0.286. The van der Waals surface area contributed by atoms with Crippen LogP contribution in [0.5, 0.6) is 11.5 Å². The van der Waals surface area contributed by atoms with Gasteiger partial charge in [0.05, 0.1) is 5.56 Å². The summed E-state index contributed by atoms with van der Waals surface area (Å²) in [4.78, 5) is 31.2. The zero-order valence-electron chi connectivity index (χ0n) is 19.1. The Morgan fingerprint density at radius 2 is 1.75 bits per heavy atom. The summed E-state index contributed by atoms with van der Waals surface area (Å²) in [5.74, 6) is -0.245. The predicted molar refractivity (Wildman–Crippen MR) is 128 cm³/mol. The number of alkyl halides is 2. The number of nitrogens with one attached hydrogen (secondary N) is 3. The van der Waals surface area contributed by atoms with Gasteiger partial charge in [0.25, 0.3) is 5.91 Å². The monoisotopic (exact) mass is 495 g/mol. The first kappa shape index (κ1) is 23.3. The number of amides is 3. The lowest BCUT2D eigenvalue weighted by atomic mass is 10.1. The Morgan fingerprint density at radius 3 is 2.58 bits per heavy atom. The van der Waals surface area contributed by atoms with Gasteiger partial charge in [-0.2, -0.15) is 0 Å². The third-order valence-corrected chi connectivity index (χ3v) is 5.77. The quantitative estimate of drug-likeness (QED) is 0.450. The Hall–Kier alpha value is -4.41. The highest BCUT2D eigenvalue weighted by Crippen LogP contribution is 2.42. The molecule has 186 valence electrons. The van der Waals surface area contributed by atoms with Gasteiger partial charge in [0.2, 0.25) is 0 Å². The lowest BCUT2D eigenvalue weighted by Crippen LogP contribution is -2.32. The summed E-state index contributed by atoms with van der Waals surface area (Å²) in [6.07, 6.45) is -0.117. The number of carbonyl (C=O) groups is 2. The van der Waals surface area contributed by atoms with E-state index < -0.39 is 12.2 Å². The summed E-state index contributed by atoms with van der Waals surface area (Å²) < 4.78 is 35.4. The number of hydrogen-bond acceptors (Lipinski definition) is 6. The Kier molecular flexibility index (Phi) is 6.28. The summed E-state index contributed by atoms with van der Waals surface area (Å²) in [7, 11) is 0. The fraction of sp³-hybridized carbons (Fsp3) is 0.240. The summed E-state index contributed by atoms with van der Waals surface area (Å²) in [5, 5.41) is 8.74. The number of para-hydroxylation sites is 1. The van der Waals surface area contributed by atoms with Crippen LogP contribution in [-0.2, 0) is 6.54 Å². The van der Waals surface area contributed by atoms with Crippen molar-refractivity contribution in [2.24, 2.45) is 0 Å². The Morgan fingerprint density at radius 1 is 0.972 bits per heavy atom. The first-order valence-electron chi connectivity index (χ1n) is 11.4. The molecule has 3 N–H and O–H groups in total. The lowest BCUT2D eigenvalue weighted by Gasteiger charge is -2.16. The minimum Gasteiger partial charge on any atom is -0.395 e. The smallest absolute Gasteiger partial charge is 0.395 e. The van der Waals surface area contributed by atoms with Gasteiger partial charge in [-0.15, -0.1) is 8.78 Å². The molecule has 0 radical (unpaired) electrons. The summed E-state index contributed by atoms with van der Waals surface area (Å²) in [6.45, 7) is 1.85. The Balaban J connectivity index is 1.23. The molecule has 0 saturated carbocycles. The number of ether oxygens (including phenoxy) is 2. The molecule has 36 heavy (non-hydrogen) atoms. The van der Waals surface area contributed by atoms with Crippen molar-refractivity contribution in [3.8, 4) is 11.5 Å². The second kappa shape index (κ2) is 9.68. The topological polar surface area (TPSA) is 105 Å². The number of aromatic nitrogens is 1. The first-order valence-corrected chi connectivity index (χ1v) is 11.4. The van der Waals surface area contributed by atoms with Gasteiger partial charge in [-0.3, -0.25) is 10.1 Å². The number of halogens is 2. The van der Waals surface area contributed by atoms with Crippen LogP contribution >= 0.6 is 0 Å². The normalized spacial score (nSPS) is 15.4. The molecule has 1 saturated heterocycles. The van der Waals surface area contributed by atoms with Crippen LogP contribution in [-0.4, -0.2) is 41.2 Å². The third-order valence-electron chi connectivity index (χ3n) is 5.77. The van der Waals surface area contributed by atoms with Gasteiger partial charge in [0.1, 0.15) is 5.82 Å². The van der Waals surface area contributed by atoms with Crippen molar-refractivity contribution >= 4 is 29.1 Å². The predicted octanol–water partition coefficient (Wildman–Crippen LogP) is 4.90. The molecule has 0 atom stereocenters. The van der Waals surface area contributed by atoms with Crippen molar-refractivity contribution in [3.63, 3.8) is 0 Å². The number of likely N-dealkylation sites (tertiary alicyclic amines) is 1. The van der Waals surface area contributed by atoms with Crippen LogP contribution in [0.15, 0.2) is 60.8 Å². The molecule has 3 heterocycles. The number of rotatable bonds is 6. The van der Waals surface area contributed by atoms with Crippen LogP contribution in [0.4, 0.5) is 30.8 Å². The molecule has 0 spiro atoms. The first-order chi connectivity index (χ1) is 17.4. The number of benzene rings is 2. The summed E-state index contributed by atoms with van der Waals surface area (Å²) in [5.41, 5.74) is 2.06. The molecule has 1 aromatic heterocycles. The van der Waals surface area contributed by atoms with Crippen molar-refractivity contribution in [1.82, 2.24) is 9.88 Å². The highest BCUT2D eigenvalue weighted by atomic mass is 19.3. The molecule has 3 aromatic rings. The molecule has 2 aliphatic heterocycles. The average Bonchev–Trinajstić information content (AvgIpc) is 3.50. The van der Waals surface area contributed by atoms with E-state index in [2.05, 4.69) is 30.4 Å². The van der Waals surface area contributed by atoms with Gasteiger partial charge >= 0.3 is 12.3 Å². The van der Waals surface area contributed by atoms with Gasteiger partial charge in [0.15, 0.2) is 11.5 Å². The highest BCUT2D eigenvalue weighted by Gasteiger charge is 2.43. The molecule has 3 amide bonds. The zero-order chi connectivity index (χ0) is 25.1. The molecule has 5 rings (SSSR count). The number of pyridine rings is 1.